The van der Waals surface area contributed by atoms with Gasteiger partial charge in [0.1, 0.15) is 5.52 Å². The molecule has 1 aliphatic rings. The summed E-state index contributed by atoms with van der Waals surface area (Å²) in [5, 5.41) is 0. The van der Waals surface area contributed by atoms with E-state index in [9.17, 15) is 4.79 Å². The van der Waals surface area contributed by atoms with Gasteiger partial charge in [0, 0.05) is 19.0 Å². The lowest BCUT2D eigenvalue weighted by atomic mass is 9.92. The highest BCUT2D eigenvalue weighted by molar-refractivity contribution is 6.03. The number of oxazole rings is 1. The number of amides is 1. The molecule has 1 saturated heterocycles. The van der Waals surface area contributed by atoms with Crippen LogP contribution in [0.3, 0.4) is 0 Å². The van der Waals surface area contributed by atoms with Gasteiger partial charge >= 0.3 is 0 Å². The number of aromatic nitrogens is 1. The van der Waals surface area contributed by atoms with Crippen LogP contribution in [0.2, 0.25) is 0 Å². The summed E-state index contributed by atoms with van der Waals surface area (Å²) in [4.78, 5) is 17.9. The monoisotopic (exact) mass is 292 g/mol. The van der Waals surface area contributed by atoms with Gasteiger partial charge in [-0.2, -0.15) is 4.98 Å². The third-order valence-corrected chi connectivity index (χ3v) is 4.01. The fourth-order valence-corrected chi connectivity index (χ4v) is 2.78. The highest BCUT2D eigenvalue weighted by atomic mass is 16.4. The molecule has 3 aromatic rings. The quantitative estimate of drug-likeness (QED) is 0.804. The van der Waals surface area contributed by atoms with Crippen LogP contribution >= 0.6 is 0 Å². The molecule has 2 heterocycles. The lowest BCUT2D eigenvalue weighted by Gasteiger charge is -2.38. The maximum atomic E-state index is 11.4. The Morgan fingerprint density at radius 3 is 2.77 bits per heavy atom. The first-order valence-electron chi connectivity index (χ1n) is 7.13. The molecular formula is C17H14N3O2. The minimum atomic E-state index is -0.545. The fourth-order valence-electron chi connectivity index (χ4n) is 2.78. The second-order valence-electron chi connectivity index (χ2n) is 5.44. The Morgan fingerprint density at radius 1 is 1.27 bits per heavy atom. The summed E-state index contributed by atoms with van der Waals surface area (Å²) in [6.45, 7) is 1.71. The molecule has 22 heavy (non-hydrogen) atoms. The van der Waals surface area contributed by atoms with E-state index >= 15 is 0 Å². The molecule has 0 aliphatic carbocycles. The number of anilines is 1. The van der Waals surface area contributed by atoms with Crippen LogP contribution in [0.1, 0.15) is 21.8 Å². The van der Waals surface area contributed by atoms with Gasteiger partial charge in [-0.3, -0.25) is 4.79 Å². The number of hydrogen-bond donors (Lipinski definition) is 1. The Balaban J connectivity index is 1.59. The van der Waals surface area contributed by atoms with E-state index in [1.165, 1.54) is 5.56 Å². The first-order valence-corrected chi connectivity index (χ1v) is 7.13. The van der Waals surface area contributed by atoms with Crippen molar-refractivity contribution >= 4 is 23.0 Å². The maximum absolute atomic E-state index is 11.4. The Bertz CT molecular complexity index is 835. The van der Waals surface area contributed by atoms with E-state index in [4.69, 9.17) is 10.2 Å². The predicted molar refractivity (Wildman–Crippen MR) is 82.8 cm³/mol. The molecule has 0 bridgehead atoms. The van der Waals surface area contributed by atoms with Crippen molar-refractivity contribution in [3.05, 3.63) is 59.7 Å². The normalized spacial score (nSPS) is 15.0. The van der Waals surface area contributed by atoms with Crippen LogP contribution in [-0.4, -0.2) is 24.0 Å². The van der Waals surface area contributed by atoms with Gasteiger partial charge in [-0.05, 0) is 23.8 Å². The van der Waals surface area contributed by atoms with E-state index in [1.54, 1.807) is 12.1 Å². The van der Waals surface area contributed by atoms with Crippen molar-refractivity contribution in [1.29, 1.82) is 0 Å². The zero-order chi connectivity index (χ0) is 15.1. The number of hydrogen-bond acceptors (Lipinski definition) is 4. The molecule has 0 atom stereocenters. The number of nitrogens with zero attached hydrogens (tertiary/aromatic N) is 2. The Morgan fingerprint density at radius 2 is 2.05 bits per heavy atom. The van der Waals surface area contributed by atoms with Crippen molar-refractivity contribution < 1.29 is 9.21 Å². The van der Waals surface area contributed by atoms with E-state index in [1.807, 2.05) is 18.2 Å². The highest BCUT2D eigenvalue weighted by Gasteiger charge is 2.31. The molecular weight excluding hydrogens is 278 g/mol. The van der Waals surface area contributed by atoms with Crippen LogP contribution in [0.4, 0.5) is 6.01 Å². The minimum absolute atomic E-state index is 0.271. The molecule has 0 saturated carbocycles. The summed E-state index contributed by atoms with van der Waals surface area (Å²) >= 11 is 0. The Kier molecular flexibility index (Phi) is 2.85. The highest BCUT2D eigenvalue weighted by Crippen LogP contribution is 2.33. The van der Waals surface area contributed by atoms with Crippen LogP contribution in [0.5, 0.6) is 0 Å². The van der Waals surface area contributed by atoms with Gasteiger partial charge in [-0.15, -0.1) is 0 Å². The summed E-state index contributed by atoms with van der Waals surface area (Å²) in [5.41, 5.74) is 7.98. The first-order chi connectivity index (χ1) is 10.7. The number of carbonyl (C=O) groups is 1. The smallest absolute Gasteiger partial charge is 0.298 e. The minimum Gasteiger partial charge on any atom is -0.423 e. The van der Waals surface area contributed by atoms with E-state index in [2.05, 4.69) is 28.1 Å². The van der Waals surface area contributed by atoms with Crippen molar-refractivity contribution in [2.75, 3.05) is 18.0 Å². The Labute approximate surface area is 127 Å². The number of nitrogens with two attached hydrogens (primary N) is 1. The zero-order valence-electron chi connectivity index (χ0n) is 11.8. The topological polar surface area (TPSA) is 72.4 Å². The summed E-state index contributed by atoms with van der Waals surface area (Å²) in [6.07, 6.45) is 0. The van der Waals surface area contributed by atoms with Gasteiger partial charge in [-0.25, -0.2) is 0 Å². The van der Waals surface area contributed by atoms with Crippen LogP contribution < -0.4 is 10.6 Å². The Hall–Kier alpha value is -2.82. The number of rotatable bonds is 3. The predicted octanol–water partition coefficient (Wildman–Crippen LogP) is 2.33. The van der Waals surface area contributed by atoms with Crippen LogP contribution in [0.25, 0.3) is 11.1 Å². The van der Waals surface area contributed by atoms with E-state index in [-0.39, 0.29) is 5.56 Å². The number of primary amides is 1. The third kappa shape index (κ3) is 2.02. The lowest BCUT2D eigenvalue weighted by Crippen LogP contribution is -2.45. The standard InChI is InChI=1S/C17H14N3O2/c18-16(21)13-7-4-8-14-15(13)19-17(22-14)20-9-12(10-20)11-5-2-1-3-6-11/h1-6,8,12H,9-10H2,(H2,18,21). The number of fused-ring (bicyclic) bond motifs is 1. The van der Waals surface area contributed by atoms with Gasteiger partial charge in [-0.1, -0.05) is 30.3 Å². The molecule has 2 N–H and O–H groups in total. The molecule has 1 aromatic heterocycles. The average Bonchev–Trinajstić information content (AvgIpc) is 2.89. The van der Waals surface area contributed by atoms with E-state index in [0.717, 1.165) is 13.1 Å². The number of carbonyl (C=O) groups excluding carboxylic acids is 1. The molecule has 0 unspecified atom stereocenters. The lowest BCUT2D eigenvalue weighted by molar-refractivity contribution is 0.100. The van der Waals surface area contributed by atoms with Crippen molar-refractivity contribution in [2.24, 2.45) is 5.73 Å². The van der Waals surface area contributed by atoms with Gasteiger partial charge in [0.25, 0.3) is 11.9 Å². The van der Waals surface area contributed by atoms with Gasteiger partial charge < -0.3 is 15.1 Å². The van der Waals surface area contributed by atoms with Crippen LogP contribution in [-0.2, 0) is 0 Å². The summed E-state index contributed by atoms with van der Waals surface area (Å²) in [7, 11) is 0. The molecule has 1 aliphatic heterocycles. The van der Waals surface area contributed by atoms with E-state index in [0.29, 0.717) is 23.0 Å². The molecule has 5 nitrogen and oxygen atoms in total. The second kappa shape index (κ2) is 4.87. The van der Waals surface area contributed by atoms with Gasteiger partial charge in [0.05, 0.1) is 5.56 Å². The largest absolute Gasteiger partial charge is 0.423 e. The van der Waals surface area contributed by atoms with Crippen molar-refractivity contribution in [3.8, 4) is 0 Å². The van der Waals surface area contributed by atoms with Crippen LogP contribution in [0.15, 0.2) is 46.9 Å². The van der Waals surface area contributed by atoms with Crippen molar-refractivity contribution in [3.63, 3.8) is 0 Å². The summed E-state index contributed by atoms with van der Waals surface area (Å²) < 4.78 is 5.73. The summed E-state index contributed by atoms with van der Waals surface area (Å²) in [5.74, 6) is -0.0605. The van der Waals surface area contributed by atoms with Gasteiger partial charge in [0.2, 0.25) is 0 Å². The SMILES string of the molecule is NC(=O)c1[c]ccc2oc(N3CC(c4ccccc4)C3)nc12. The molecule has 4 rings (SSSR count). The third-order valence-electron chi connectivity index (χ3n) is 4.01. The van der Waals surface area contributed by atoms with Gasteiger partial charge in [0.15, 0.2) is 5.58 Å². The van der Waals surface area contributed by atoms with Crippen molar-refractivity contribution in [2.45, 2.75) is 5.92 Å². The fraction of sp³-hybridized carbons (Fsp3) is 0.176. The molecule has 1 radical (unpaired) electrons. The van der Waals surface area contributed by atoms with E-state index < -0.39 is 5.91 Å². The number of benzene rings is 2. The maximum Gasteiger partial charge on any atom is 0.298 e. The van der Waals surface area contributed by atoms with Crippen molar-refractivity contribution in [1.82, 2.24) is 4.98 Å². The molecule has 2 aromatic carbocycles. The second-order valence-corrected chi connectivity index (χ2v) is 5.44. The average molecular weight is 292 g/mol. The summed E-state index contributed by atoms with van der Waals surface area (Å²) in [6, 6.07) is 17.1. The molecule has 5 heteroatoms. The zero-order valence-corrected chi connectivity index (χ0v) is 11.8. The van der Waals surface area contributed by atoms with Crippen LogP contribution in [0, 0.1) is 6.07 Å². The molecule has 0 spiro atoms. The molecule has 1 fully saturated rings. The molecule has 1 amide bonds. The molecule has 109 valence electrons. The first kappa shape index (κ1) is 12.9.